The van der Waals surface area contributed by atoms with E-state index in [1.54, 1.807) is 10.6 Å². The fourth-order valence-electron chi connectivity index (χ4n) is 3.17. The van der Waals surface area contributed by atoms with E-state index in [1.807, 2.05) is 42.5 Å². The molecular formula is C20H15FN6O. The summed E-state index contributed by atoms with van der Waals surface area (Å²) in [7, 11) is 0. The Kier molecular flexibility index (Phi) is 3.77. The molecule has 3 N–H and O–H groups in total. The number of aromatic amines is 1. The molecule has 0 bridgehead atoms. The summed E-state index contributed by atoms with van der Waals surface area (Å²) in [4.78, 5) is 11.8. The summed E-state index contributed by atoms with van der Waals surface area (Å²) in [6.45, 7) is -0.145. The summed E-state index contributed by atoms with van der Waals surface area (Å²) >= 11 is 0. The van der Waals surface area contributed by atoms with Gasteiger partial charge in [0, 0.05) is 11.3 Å². The highest BCUT2D eigenvalue weighted by Gasteiger charge is 2.10. The van der Waals surface area contributed by atoms with E-state index in [4.69, 9.17) is 0 Å². The molecule has 0 aliphatic heterocycles. The lowest BCUT2D eigenvalue weighted by molar-refractivity contribution is 0.273. The maximum atomic E-state index is 13.6. The van der Waals surface area contributed by atoms with E-state index in [2.05, 4.69) is 25.4 Å². The molecule has 0 radical (unpaired) electrons. The summed E-state index contributed by atoms with van der Waals surface area (Å²) < 4.78 is 15.3. The molecule has 0 saturated heterocycles. The van der Waals surface area contributed by atoms with Crippen LogP contribution in [0, 0.1) is 5.82 Å². The molecule has 2 aromatic carbocycles. The fourth-order valence-corrected chi connectivity index (χ4v) is 3.17. The molecule has 0 unspecified atom stereocenters. The summed E-state index contributed by atoms with van der Waals surface area (Å²) in [5, 5.41) is 16.9. The average Bonchev–Trinajstić information content (AvgIpc) is 3.30. The number of imidazole rings is 1. The predicted molar refractivity (Wildman–Crippen MR) is 104 cm³/mol. The number of pyridine rings is 1. The van der Waals surface area contributed by atoms with Crippen molar-refractivity contribution in [3.8, 4) is 11.3 Å². The van der Waals surface area contributed by atoms with E-state index in [1.165, 1.54) is 12.1 Å². The third-order valence-corrected chi connectivity index (χ3v) is 4.42. The van der Waals surface area contributed by atoms with Crippen molar-refractivity contribution in [1.82, 2.24) is 24.6 Å². The maximum Gasteiger partial charge on any atom is 0.247 e. The van der Waals surface area contributed by atoms with Crippen molar-refractivity contribution in [2.45, 2.75) is 6.61 Å². The van der Waals surface area contributed by atoms with Gasteiger partial charge >= 0.3 is 0 Å². The summed E-state index contributed by atoms with van der Waals surface area (Å²) in [5.41, 5.74) is 4.47. The molecule has 7 nitrogen and oxygen atoms in total. The Morgan fingerprint density at radius 2 is 1.93 bits per heavy atom. The summed E-state index contributed by atoms with van der Waals surface area (Å²) in [5.74, 6) is 0.630. The quantitative estimate of drug-likeness (QED) is 0.447. The average molecular weight is 374 g/mol. The Balaban J connectivity index is 1.52. The van der Waals surface area contributed by atoms with Gasteiger partial charge in [0.25, 0.3) is 0 Å². The van der Waals surface area contributed by atoms with E-state index in [9.17, 15) is 9.50 Å². The topological polar surface area (TPSA) is 91.1 Å². The minimum atomic E-state index is -0.303. The van der Waals surface area contributed by atoms with Crippen LogP contribution >= 0.6 is 0 Å². The number of aromatic nitrogens is 5. The Hall–Kier alpha value is -3.78. The van der Waals surface area contributed by atoms with Gasteiger partial charge in [-0.1, -0.05) is 18.2 Å². The molecule has 0 aliphatic rings. The first-order valence-electron chi connectivity index (χ1n) is 8.68. The van der Waals surface area contributed by atoms with E-state index in [0.29, 0.717) is 17.4 Å². The lowest BCUT2D eigenvalue weighted by atomic mass is 10.1. The summed E-state index contributed by atoms with van der Waals surface area (Å²) in [6.07, 6.45) is 0. The Morgan fingerprint density at radius 3 is 2.79 bits per heavy atom. The van der Waals surface area contributed by atoms with Crippen LogP contribution in [0.2, 0.25) is 0 Å². The molecular weight excluding hydrogens is 359 g/mol. The smallest absolute Gasteiger partial charge is 0.247 e. The van der Waals surface area contributed by atoms with Gasteiger partial charge < -0.3 is 15.4 Å². The van der Waals surface area contributed by atoms with Gasteiger partial charge in [0.05, 0.1) is 16.7 Å². The van der Waals surface area contributed by atoms with E-state index in [-0.39, 0.29) is 12.4 Å². The minimum absolute atomic E-state index is 0.145. The number of fused-ring (bicyclic) bond motifs is 2. The first-order valence-corrected chi connectivity index (χ1v) is 8.68. The zero-order chi connectivity index (χ0) is 19.1. The van der Waals surface area contributed by atoms with Crippen LogP contribution in [0.15, 0.2) is 60.7 Å². The number of hydrogen-bond donors (Lipinski definition) is 3. The lowest BCUT2D eigenvalue weighted by Crippen LogP contribution is -1.96. The van der Waals surface area contributed by atoms with Gasteiger partial charge in [-0.25, -0.2) is 13.9 Å². The molecule has 8 heteroatoms. The number of H-pyrrole nitrogens is 1. The van der Waals surface area contributed by atoms with Crippen LogP contribution in [-0.2, 0) is 6.61 Å². The van der Waals surface area contributed by atoms with Crippen LogP contribution in [-0.4, -0.2) is 29.7 Å². The standard InChI is InChI=1S/C20H15FN6O/c21-13-4-1-3-12(9-13)17-5-2-6-19-25-20(26-27(17)19)22-14-7-8-15-16(10-14)24-18(11-28)23-15/h1-10,28H,11H2,(H,22,26)(H,23,24). The molecule has 5 aromatic rings. The Morgan fingerprint density at radius 1 is 1.04 bits per heavy atom. The molecule has 0 atom stereocenters. The second-order valence-corrected chi connectivity index (χ2v) is 6.33. The number of benzene rings is 2. The van der Waals surface area contributed by atoms with Gasteiger partial charge in [-0.2, -0.15) is 4.98 Å². The van der Waals surface area contributed by atoms with Crippen molar-refractivity contribution >= 4 is 28.3 Å². The number of halogens is 1. The van der Waals surface area contributed by atoms with Gasteiger partial charge in [0.2, 0.25) is 5.95 Å². The predicted octanol–water partition coefficient (Wildman–Crippen LogP) is 3.65. The largest absolute Gasteiger partial charge is 0.388 e. The molecule has 138 valence electrons. The van der Waals surface area contributed by atoms with Crippen LogP contribution in [0.5, 0.6) is 0 Å². The molecule has 0 fully saturated rings. The first-order chi connectivity index (χ1) is 13.7. The monoisotopic (exact) mass is 374 g/mol. The highest BCUT2D eigenvalue weighted by molar-refractivity contribution is 5.80. The zero-order valence-electron chi connectivity index (χ0n) is 14.6. The number of aliphatic hydroxyl groups is 1. The Bertz CT molecular complexity index is 1310. The highest BCUT2D eigenvalue weighted by Crippen LogP contribution is 2.24. The normalized spacial score (nSPS) is 11.4. The van der Waals surface area contributed by atoms with Crippen molar-refractivity contribution in [1.29, 1.82) is 0 Å². The van der Waals surface area contributed by atoms with E-state index in [0.717, 1.165) is 28.0 Å². The molecule has 3 heterocycles. The second kappa shape index (κ2) is 6.43. The maximum absolute atomic E-state index is 13.6. The zero-order valence-corrected chi connectivity index (χ0v) is 14.6. The molecule has 5 rings (SSSR count). The molecule has 0 spiro atoms. The van der Waals surface area contributed by atoms with Crippen LogP contribution < -0.4 is 5.32 Å². The van der Waals surface area contributed by atoms with Gasteiger partial charge in [-0.05, 0) is 42.5 Å². The Labute approximate surface area is 158 Å². The van der Waals surface area contributed by atoms with Gasteiger partial charge in [0.1, 0.15) is 18.2 Å². The minimum Gasteiger partial charge on any atom is -0.388 e. The number of aliphatic hydroxyl groups excluding tert-OH is 1. The summed E-state index contributed by atoms with van der Waals surface area (Å²) in [6, 6.07) is 17.5. The van der Waals surface area contributed by atoms with Crippen LogP contribution in [0.4, 0.5) is 16.0 Å². The molecule has 3 aromatic heterocycles. The van der Waals surface area contributed by atoms with Crippen molar-refractivity contribution < 1.29 is 9.50 Å². The molecule has 0 amide bonds. The SMILES string of the molecule is OCc1nc2ccc(Nc3nc4cccc(-c5cccc(F)c5)n4n3)cc2[nH]1. The van der Waals surface area contributed by atoms with E-state index >= 15 is 0 Å². The third-order valence-electron chi connectivity index (χ3n) is 4.42. The van der Waals surface area contributed by atoms with Gasteiger partial charge in [-0.15, -0.1) is 5.10 Å². The van der Waals surface area contributed by atoms with Crippen LogP contribution in [0.1, 0.15) is 5.82 Å². The number of rotatable bonds is 4. The van der Waals surface area contributed by atoms with Crippen molar-refractivity contribution in [2.75, 3.05) is 5.32 Å². The highest BCUT2D eigenvalue weighted by atomic mass is 19.1. The van der Waals surface area contributed by atoms with Gasteiger partial charge in [0.15, 0.2) is 5.65 Å². The van der Waals surface area contributed by atoms with Gasteiger partial charge in [-0.3, -0.25) is 0 Å². The third kappa shape index (κ3) is 2.85. The van der Waals surface area contributed by atoms with E-state index < -0.39 is 0 Å². The van der Waals surface area contributed by atoms with Crippen molar-refractivity contribution in [3.05, 3.63) is 72.3 Å². The first kappa shape index (κ1) is 16.4. The van der Waals surface area contributed by atoms with Crippen molar-refractivity contribution in [2.24, 2.45) is 0 Å². The number of anilines is 2. The molecule has 0 saturated carbocycles. The fraction of sp³-hybridized carbons (Fsp3) is 0.0500. The van der Waals surface area contributed by atoms with Crippen molar-refractivity contribution in [3.63, 3.8) is 0 Å². The molecule has 0 aliphatic carbocycles. The number of hydrogen-bond acceptors (Lipinski definition) is 5. The van der Waals surface area contributed by atoms with Crippen LogP contribution in [0.3, 0.4) is 0 Å². The number of nitrogens with one attached hydrogen (secondary N) is 2. The lowest BCUT2D eigenvalue weighted by Gasteiger charge is -2.04. The van der Waals surface area contributed by atoms with Crippen LogP contribution in [0.25, 0.3) is 27.9 Å². The molecule has 28 heavy (non-hydrogen) atoms. The second-order valence-electron chi connectivity index (χ2n) is 6.33. The number of nitrogens with zero attached hydrogens (tertiary/aromatic N) is 4.